The first kappa shape index (κ1) is 9.36. The van der Waals surface area contributed by atoms with E-state index in [9.17, 15) is 4.39 Å². The summed E-state index contributed by atoms with van der Waals surface area (Å²) in [5.41, 5.74) is 0. The van der Waals surface area contributed by atoms with Gasteiger partial charge in [0.05, 0.1) is 0 Å². The van der Waals surface area contributed by atoms with Crippen molar-refractivity contribution in [2.75, 3.05) is 0 Å². The molecule has 1 atom stereocenters. The summed E-state index contributed by atoms with van der Waals surface area (Å²) in [5, 5.41) is 2.44. The first-order valence-corrected chi connectivity index (χ1v) is 5.42. The summed E-state index contributed by atoms with van der Waals surface area (Å²) < 4.78 is 12.6. The van der Waals surface area contributed by atoms with Gasteiger partial charge in [-0.15, -0.1) is 0 Å². The Labute approximate surface area is 84.6 Å². The summed E-state index contributed by atoms with van der Waals surface area (Å²) in [6, 6.07) is 16.9. The molecule has 0 radical (unpaired) electrons. The lowest BCUT2D eigenvalue weighted by atomic mass is 10.3. The molecule has 0 fully saturated rings. The quantitative estimate of drug-likeness (QED) is 0.658. The Morgan fingerprint density at radius 2 is 1.29 bits per heavy atom. The van der Waals surface area contributed by atoms with Crippen LogP contribution >= 0.6 is 8.58 Å². The second kappa shape index (κ2) is 4.34. The molecule has 0 aliphatic rings. The first-order valence-electron chi connectivity index (χ1n) is 4.42. The molecule has 0 saturated heterocycles. The summed E-state index contributed by atoms with van der Waals surface area (Å²) in [7, 11) is 0.606. The van der Waals surface area contributed by atoms with Gasteiger partial charge in [-0.3, -0.25) is 0 Å². The highest BCUT2D eigenvalue weighted by atomic mass is 31.1. The van der Waals surface area contributed by atoms with Crippen molar-refractivity contribution in [2.24, 2.45) is 0 Å². The maximum Gasteiger partial charge on any atom is 0.123 e. The molecule has 2 rings (SSSR count). The molecule has 1 unspecified atom stereocenters. The highest BCUT2D eigenvalue weighted by Gasteiger charge is 1.95. The maximum absolute atomic E-state index is 12.6. The fourth-order valence-electron chi connectivity index (χ4n) is 1.22. The zero-order chi connectivity index (χ0) is 9.80. The van der Waals surface area contributed by atoms with Gasteiger partial charge in [0.1, 0.15) is 5.82 Å². The molecule has 0 bridgehead atoms. The fourth-order valence-corrected chi connectivity index (χ4v) is 2.25. The zero-order valence-corrected chi connectivity index (χ0v) is 8.57. The Balaban J connectivity index is 2.16. The van der Waals surface area contributed by atoms with Gasteiger partial charge in [0.15, 0.2) is 0 Å². The molecule has 0 nitrogen and oxygen atoms in total. The normalized spacial score (nSPS) is 10.9. The molecule has 0 N–H and O–H groups in total. The fraction of sp³-hybridized carbons (Fsp3) is 0. The van der Waals surface area contributed by atoms with Crippen LogP contribution in [0.5, 0.6) is 0 Å². The number of halogens is 1. The molecular weight excluding hydrogens is 193 g/mol. The van der Waals surface area contributed by atoms with Gasteiger partial charge in [0, 0.05) is 0 Å². The van der Waals surface area contributed by atoms with Crippen LogP contribution in [0.4, 0.5) is 4.39 Å². The van der Waals surface area contributed by atoms with Gasteiger partial charge in [-0.05, 0) is 22.7 Å². The number of hydrogen-bond donors (Lipinski definition) is 0. The van der Waals surface area contributed by atoms with E-state index in [1.165, 1.54) is 17.4 Å². The Hall–Kier alpha value is -1.20. The maximum atomic E-state index is 12.6. The topological polar surface area (TPSA) is 0 Å². The van der Waals surface area contributed by atoms with E-state index in [1.54, 1.807) is 0 Å². The van der Waals surface area contributed by atoms with Crippen LogP contribution in [0.25, 0.3) is 0 Å². The average Bonchev–Trinajstić information content (AvgIpc) is 2.23. The summed E-state index contributed by atoms with van der Waals surface area (Å²) in [6.45, 7) is 0. The summed E-state index contributed by atoms with van der Waals surface area (Å²) in [6.07, 6.45) is 0. The highest BCUT2D eigenvalue weighted by Crippen LogP contribution is 2.10. The van der Waals surface area contributed by atoms with E-state index in [0.717, 1.165) is 5.30 Å². The van der Waals surface area contributed by atoms with Crippen LogP contribution in [0.3, 0.4) is 0 Å². The van der Waals surface area contributed by atoms with Gasteiger partial charge in [-0.25, -0.2) is 4.39 Å². The molecule has 0 aliphatic heterocycles. The van der Waals surface area contributed by atoms with Gasteiger partial charge in [0.2, 0.25) is 0 Å². The van der Waals surface area contributed by atoms with Crippen molar-refractivity contribution in [1.82, 2.24) is 0 Å². The van der Waals surface area contributed by atoms with Gasteiger partial charge < -0.3 is 0 Å². The average molecular weight is 203 g/mol. The zero-order valence-electron chi connectivity index (χ0n) is 7.57. The van der Waals surface area contributed by atoms with Gasteiger partial charge in [-0.2, -0.15) is 0 Å². The summed E-state index contributed by atoms with van der Waals surface area (Å²) in [4.78, 5) is 0. The molecule has 2 aromatic rings. The minimum atomic E-state index is -0.174. The summed E-state index contributed by atoms with van der Waals surface area (Å²) >= 11 is 0. The van der Waals surface area contributed by atoms with Crippen LogP contribution in [-0.4, -0.2) is 0 Å². The van der Waals surface area contributed by atoms with Crippen molar-refractivity contribution in [3.05, 3.63) is 60.4 Å². The van der Waals surface area contributed by atoms with E-state index in [2.05, 4.69) is 12.1 Å². The summed E-state index contributed by atoms with van der Waals surface area (Å²) in [5.74, 6) is -0.174. The van der Waals surface area contributed by atoms with Crippen molar-refractivity contribution in [2.45, 2.75) is 0 Å². The van der Waals surface area contributed by atoms with Crippen LogP contribution in [0, 0.1) is 5.82 Å². The predicted octanol–water partition coefficient (Wildman–Crippen LogP) is 2.46. The Morgan fingerprint density at radius 1 is 0.714 bits per heavy atom. The highest BCUT2D eigenvalue weighted by molar-refractivity contribution is 7.55. The first-order chi connectivity index (χ1) is 6.84. The molecule has 70 valence electrons. The molecule has 0 amide bonds. The van der Waals surface area contributed by atoms with Crippen molar-refractivity contribution in [3.63, 3.8) is 0 Å². The molecule has 2 aromatic carbocycles. The Kier molecular flexibility index (Phi) is 2.90. The SMILES string of the molecule is [18F]c1ccc(Pc2ccccc2)cc1. The Morgan fingerprint density at radius 3 is 1.93 bits per heavy atom. The van der Waals surface area contributed by atoms with Gasteiger partial charge in [0.25, 0.3) is 0 Å². The molecule has 14 heavy (non-hydrogen) atoms. The van der Waals surface area contributed by atoms with Crippen molar-refractivity contribution >= 4 is 19.2 Å². The molecule has 0 aliphatic carbocycles. The standard InChI is InChI=1S/C12H10FP/c13-10-6-8-12(9-7-10)14-11-4-2-1-3-5-11/h1-9,14H/i13-1. The van der Waals surface area contributed by atoms with E-state index in [-0.39, 0.29) is 5.82 Å². The third-order valence-electron chi connectivity index (χ3n) is 1.91. The van der Waals surface area contributed by atoms with E-state index in [0.29, 0.717) is 8.58 Å². The van der Waals surface area contributed by atoms with Crippen LogP contribution < -0.4 is 10.6 Å². The monoisotopic (exact) mass is 203 g/mol. The smallest absolute Gasteiger partial charge is 0.123 e. The van der Waals surface area contributed by atoms with E-state index in [4.69, 9.17) is 0 Å². The second-order valence-corrected chi connectivity index (χ2v) is 4.40. The third-order valence-corrected chi connectivity index (χ3v) is 3.15. The second-order valence-electron chi connectivity index (χ2n) is 3.00. The van der Waals surface area contributed by atoms with Crippen molar-refractivity contribution in [1.29, 1.82) is 0 Å². The van der Waals surface area contributed by atoms with E-state index in [1.807, 2.05) is 30.3 Å². The molecule has 0 saturated carbocycles. The van der Waals surface area contributed by atoms with Crippen LogP contribution in [-0.2, 0) is 0 Å². The van der Waals surface area contributed by atoms with Crippen LogP contribution in [0.15, 0.2) is 54.6 Å². The lowest BCUT2D eigenvalue weighted by Crippen LogP contribution is -2.02. The van der Waals surface area contributed by atoms with Gasteiger partial charge >= 0.3 is 0 Å². The largest absolute Gasteiger partial charge is 0.207 e. The number of rotatable bonds is 2. The van der Waals surface area contributed by atoms with Crippen molar-refractivity contribution in [3.8, 4) is 0 Å². The van der Waals surface area contributed by atoms with Crippen molar-refractivity contribution < 1.29 is 4.39 Å². The predicted molar refractivity (Wildman–Crippen MR) is 60.4 cm³/mol. The van der Waals surface area contributed by atoms with Crippen LogP contribution in [0.1, 0.15) is 0 Å². The van der Waals surface area contributed by atoms with Gasteiger partial charge in [-0.1, -0.05) is 51.0 Å². The molecular formula is C12H10FP. The minimum absolute atomic E-state index is 0.174. The minimum Gasteiger partial charge on any atom is -0.207 e. The number of hydrogen-bond acceptors (Lipinski definition) is 0. The number of benzene rings is 2. The van der Waals surface area contributed by atoms with E-state index < -0.39 is 0 Å². The Bertz CT molecular complexity index is 394. The van der Waals surface area contributed by atoms with E-state index >= 15 is 0 Å². The van der Waals surface area contributed by atoms with Crippen LogP contribution in [0.2, 0.25) is 0 Å². The lowest BCUT2D eigenvalue weighted by molar-refractivity contribution is 0.628. The molecule has 0 aromatic heterocycles. The third kappa shape index (κ3) is 2.40. The lowest BCUT2D eigenvalue weighted by Gasteiger charge is -2.01. The molecule has 0 spiro atoms. The molecule has 0 heterocycles. The molecule has 2 heteroatoms.